The zero-order valence-electron chi connectivity index (χ0n) is 5.86. The molecule has 1 N–H and O–H groups in total. The van der Waals surface area contributed by atoms with Gasteiger partial charge in [-0.05, 0) is 19.9 Å². The van der Waals surface area contributed by atoms with Crippen molar-refractivity contribution in [1.29, 1.82) is 0 Å². The van der Waals surface area contributed by atoms with Crippen molar-refractivity contribution in [3.8, 4) is 0 Å². The van der Waals surface area contributed by atoms with Gasteiger partial charge in [0.2, 0.25) is 0 Å². The highest BCUT2D eigenvalue weighted by Gasteiger charge is 2.20. The van der Waals surface area contributed by atoms with Crippen LogP contribution < -0.4 is 5.32 Å². The summed E-state index contributed by atoms with van der Waals surface area (Å²) in [6, 6.07) is 0.570. The molecule has 0 aromatic rings. The standard InChI is InChI=1S/C7H14ClN/c1-9-7-5-3-2-4-6(7)8/h6-7,9H,2-5H2,1H3/t6-,7?/m0/s1. The lowest BCUT2D eigenvalue weighted by atomic mass is 9.95. The molecule has 1 nitrogen and oxygen atoms in total. The first kappa shape index (κ1) is 7.36. The highest BCUT2D eigenvalue weighted by atomic mass is 35.5. The number of alkyl halides is 1. The number of rotatable bonds is 1. The predicted octanol–water partition coefficient (Wildman–Crippen LogP) is 1.76. The van der Waals surface area contributed by atoms with E-state index in [1.807, 2.05) is 7.05 Å². The van der Waals surface area contributed by atoms with Crippen LogP contribution in [0.5, 0.6) is 0 Å². The van der Waals surface area contributed by atoms with Crippen LogP contribution in [0.15, 0.2) is 0 Å². The minimum atomic E-state index is 0.378. The zero-order valence-corrected chi connectivity index (χ0v) is 6.62. The van der Waals surface area contributed by atoms with Crippen molar-refractivity contribution in [2.75, 3.05) is 7.05 Å². The van der Waals surface area contributed by atoms with E-state index in [1.165, 1.54) is 25.7 Å². The van der Waals surface area contributed by atoms with E-state index in [2.05, 4.69) is 5.32 Å². The lowest BCUT2D eigenvalue weighted by Crippen LogP contribution is -2.36. The molecule has 54 valence electrons. The SMILES string of the molecule is CNC1CCCC[C@@H]1Cl. The molecule has 2 heteroatoms. The summed E-state index contributed by atoms with van der Waals surface area (Å²) in [4.78, 5) is 0. The molecule has 1 rings (SSSR count). The Morgan fingerprint density at radius 1 is 1.33 bits per heavy atom. The maximum Gasteiger partial charge on any atom is 0.0489 e. The molecule has 9 heavy (non-hydrogen) atoms. The van der Waals surface area contributed by atoms with Crippen molar-refractivity contribution in [2.45, 2.75) is 37.1 Å². The average molecular weight is 148 g/mol. The van der Waals surface area contributed by atoms with E-state index in [-0.39, 0.29) is 0 Å². The third kappa shape index (κ3) is 1.84. The number of nitrogens with one attached hydrogen (secondary N) is 1. The Bertz CT molecular complexity index is 85.0. The Labute approximate surface area is 61.8 Å². The zero-order chi connectivity index (χ0) is 6.69. The fourth-order valence-electron chi connectivity index (χ4n) is 1.41. The minimum Gasteiger partial charge on any atom is -0.316 e. The summed E-state index contributed by atoms with van der Waals surface area (Å²) in [6.45, 7) is 0. The number of hydrogen-bond donors (Lipinski definition) is 1. The highest BCUT2D eigenvalue weighted by Crippen LogP contribution is 2.22. The minimum absolute atomic E-state index is 0.378. The van der Waals surface area contributed by atoms with Crippen LogP contribution in [0.1, 0.15) is 25.7 Å². The first-order chi connectivity index (χ1) is 4.34. The maximum absolute atomic E-state index is 6.02. The van der Waals surface area contributed by atoms with Crippen LogP contribution in [-0.2, 0) is 0 Å². The Hall–Kier alpha value is 0.250. The number of halogens is 1. The third-order valence-electron chi connectivity index (χ3n) is 2.05. The van der Waals surface area contributed by atoms with E-state index in [9.17, 15) is 0 Å². The summed E-state index contributed by atoms with van der Waals surface area (Å²) in [5.41, 5.74) is 0. The second-order valence-electron chi connectivity index (χ2n) is 2.70. The van der Waals surface area contributed by atoms with E-state index in [4.69, 9.17) is 11.6 Å². The van der Waals surface area contributed by atoms with Crippen LogP contribution in [0.4, 0.5) is 0 Å². The van der Waals surface area contributed by atoms with Crippen molar-refractivity contribution in [1.82, 2.24) is 5.32 Å². The Balaban J connectivity index is 2.30. The van der Waals surface area contributed by atoms with Gasteiger partial charge in [-0.3, -0.25) is 0 Å². The molecule has 0 heterocycles. The Morgan fingerprint density at radius 3 is 2.44 bits per heavy atom. The normalized spacial score (nSPS) is 36.7. The predicted molar refractivity (Wildman–Crippen MR) is 41.0 cm³/mol. The second kappa shape index (κ2) is 3.43. The van der Waals surface area contributed by atoms with Crippen LogP contribution in [0.25, 0.3) is 0 Å². The van der Waals surface area contributed by atoms with E-state index < -0.39 is 0 Å². The van der Waals surface area contributed by atoms with Gasteiger partial charge in [-0.15, -0.1) is 11.6 Å². The van der Waals surface area contributed by atoms with Gasteiger partial charge in [0, 0.05) is 11.4 Å². The molecular weight excluding hydrogens is 134 g/mol. The lowest BCUT2D eigenvalue weighted by Gasteiger charge is -2.26. The summed E-state index contributed by atoms with van der Waals surface area (Å²) in [7, 11) is 1.99. The van der Waals surface area contributed by atoms with E-state index in [0.29, 0.717) is 11.4 Å². The molecule has 1 unspecified atom stereocenters. The summed E-state index contributed by atoms with van der Waals surface area (Å²) >= 11 is 6.02. The van der Waals surface area contributed by atoms with Crippen LogP contribution >= 0.6 is 11.6 Å². The van der Waals surface area contributed by atoms with Gasteiger partial charge in [-0.2, -0.15) is 0 Å². The summed E-state index contributed by atoms with van der Waals surface area (Å²) in [5, 5.41) is 3.60. The molecule has 0 bridgehead atoms. The van der Waals surface area contributed by atoms with Gasteiger partial charge in [0.15, 0.2) is 0 Å². The summed E-state index contributed by atoms with van der Waals surface area (Å²) in [5.74, 6) is 0. The van der Waals surface area contributed by atoms with E-state index in [0.717, 1.165) is 0 Å². The molecular formula is C7H14ClN. The molecule has 0 saturated heterocycles. The van der Waals surface area contributed by atoms with Crippen molar-refractivity contribution < 1.29 is 0 Å². The molecule has 1 saturated carbocycles. The second-order valence-corrected chi connectivity index (χ2v) is 3.26. The summed E-state index contributed by atoms with van der Waals surface area (Å²) < 4.78 is 0. The van der Waals surface area contributed by atoms with Gasteiger partial charge in [-0.25, -0.2) is 0 Å². The van der Waals surface area contributed by atoms with Crippen LogP contribution in [0.2, 0.25) is 0 Å². The van der Waals surface area contributed by atoms with Gasteiger partial charge in [0.25, 0.3) is 0 Å². The molecule has 1 aliphatic carbocycles. The molecule has 0 aromatic carbocycles. The monoisotopic (exact) mass is 147 g/mol. The van der Waals surface area contributed by atoms with E-state index >= 15 is 0 Å². The van der Waals surface area contributed by atoms with Crippen molar-refractivity contribution in [3.05, 3.63) is 0 Å². The topological polar surface area (TPSA) is 12.0 Å². The Morgan fingerprint density at radius 2 is 2.00 bits per heavy atom. The fourth-order valence-corrected chi connectivity index (χ4v) is 1.82. The van der Waals surface area contributed by atoms with Gasteiger partial charge in [0.1, 0.15) is 0 Å². The van der Waals surface area contributed by atoms with Gasteiger partial charge in [0.05, 0.1) is 0 Å². The maximum atomic E-state index is 6.02. The van der Waals surface area contributed by atoms with Crippen molar-refractivity contribution in [2.24, 2.45) is 0 Å². The third-order valence-corrected chi connectivity index (χ3v) is 2.57. The molecule has 0 amide bonds. The lowest BCUT2D eigenvalue weighted by molar-refractivity contribution is 0.401. The van der Waals surface area contributed by atoms with Crippen LogP contribution in [-0.4, -0.2) is 18.5 Å². The largest absolute Gasteiger partial charge is 0.316 e. The molecule has 0 spiro atoms. The first-order valence-corrected chi connectivity index (χ1v) is 4.09. The quantitative estimate of drug-likeness (QED) is 0.558. The molecule has 0 aliphatic heterocycles. The van der Waals surface area contributed by atoms with Gasteiger partial charge in [-0.1, -0.05) is 12.8 Å². The van der Waals surface area contributed by atoms with E-state index in [1.54, 1.807) is 0 Å². The molecule has 1 aliphatic rings. The van der Waals surface area contributed by atoms with Crippen LogP contribution in [0, 0.1) is 0 Å². The van der Waals surface area contributed by atoms with Gasteiger partial charge >= 0.3 is 0 Å². The summed E-state index contributed by atoms with van der Waals surface area (Å²) in [6.07, 6.45) is 5.10. The first-order valence-electron chi connectivity index (χ1n) is 3.66. The Kier molecular flexibility index (Phi) is 2.80. The van der Waals surface area contributed by atoms with Crippen molar-refractivity contribution in [3.63, 3.8) is 0 Å². The highest BCUT2D eigenvalue weighted by molar-refractivity contribution is 6.21. The van der Waals surface area contributed by atoms with Gasteiger partial charge < -0.3 is 5.32 Å². The number of hydrogen-bond acceptors (Lipinski definition) is 1. The van der Waals surface area contributed by atoms with Crippen LogP contribution in [0.3, 0.4) is 0 Å². The molecule has 2 atom stereocenters. The smallest absolute Gasteiger partial charge is 0.0489 e. The molecule has 0 aromatic heterocycles. The molecule has 0 radical (unpaired) electrons. The fraction of sp³-hybridized carbons (Fsp3) is 1.00. The molecule has 1 fully saturated rings. The van der Waals surface area contributed by atoms with Crippen molar-refractivity contribution >= 4 is 11.6 Å². The average Bonchev–Trinajstić information content (AvgIpc) is 1.89.